The second-order valence-electron chi connectivity index (χ2n) is 6.90. The molecule has 10 nitrogen and oxygen atoms in total. The van der Waals surface area contributed by atoms with E-state index in [0.29, 0.717) is 16.6 Å². The van der Waals surface area contributed by atoms with Gasteiger partial charge in [0.15, 0.2) is 6.10 Å². The van der Waals surface area contributed by atoms with Crippen molar-refractivity contribution in [2.24, 2.45) is 0 Å². The van der Waals surface area contributed by atoms with Crippen LogP contribution >= 0.6 is 11.3 Å². The molecular formula is C22H23N3O7S. The van der Waals surface area contributed by atoms with Gasteiger partial charge in [0.2, 0.25) is 0 Å². The molecule has 0 bridgehead atoms. The average Bonchev–Trinajstić information content (AvgIpc) is 3.40. The Balaban J connectivity index is 1.81. The number of thiophene rings is 1. The number of aromatic nitrogens is 2. The third-order valence-corrected chi connectivity index (χ3v) is 5.99. The smallest absolute Gasteiger partial charge is 0.348 e. The highest BCUT2D eigenvalue weighted by molar-refractivity contribution is 7.18. The van der Waals surface area contributed by atoms with Crippen LogP contribution in [0.4, 0.5) is 5.00 Å². The summed E-state index contributed by atoms with van der Waals surface area (Å²) in [5, 5.41) is 2.71. The summed E-state index contributed by atoms with van der Waals surface area (Å²) in [6.45, 7) is 5.06. The van der Waals surface area contributed by atoms with Gasteiger partial charge in [-0.3, -0.25) is 4.79 Å². The van der Waals surface area contributed by atoms with Crippen LogP contribution < -0.4 is 5.32 Å². The van der Waals surface area contributed by atoms with Crippen LogP contribution in [0.15, 0.2) is 24.5 Å². The highest BCUT2D eigenvalue weighted by atomic mass is 32.1. The predicted molar refractivity (Wildman–Crippen MR) is 121 cm³/mol. The zero-order valence-corrected chi connectivity index (χ0v) is 19.3. The van der Waals surface area contributed by atoms with Gasteiger partial charge in [-0.1, -0.05) is 6.92 Å². The molecule has 2 heterocycles. The second-order valence-corrected chi connectivity index (χ2v) is 7.92. The van der Waals surface area contributed by atoms with Crippen LogP contribution in [-0.2, 0) is 19.0 Å². The number of anilines is 1. The number of hydrogen-bond donors (Lipinski definition) is 2. The first kappa shape index (κ1) is 23.9. The summed E-state index contributed by atoms with van der Waals surface area (Å²) in [4.78, 5) is 57.2. The van der Waals surface area contributed by atoms with Crippen molar-refractivity contribution in [1.29, 1.82) is 0 Å². The minimum Gasteiger partial charge on any atom is -0.465 e. The SMILES string of the molecule is CCOC(=O)c1sc(NC(=O)C(CC)OC(=O)c2ccc3nc[nH]c3c2)c(C(=O)OC)c1C. The number of ether oxygens (including phenoxy) is 3. The van der Waals surface area contributed by atoms with E-state index in [-0.39, 0.29) is 34.0 Å². The van der Waals surface area contributed by atoms with Crippen LogP contribution in [0.3, 0.4) is 0 Å². The highest BCUT2D eigenvalue weighted by Gasteiger charge is 2.29. The van der Waals surface area contributed by atoms with Gasteiger partial charge in [0, 0.05) is 0 Å². The van der Waals surface area contributed by atoms with Crippen molar-refractivity contribution in [3.63, 3.8) is 0 Å². The first-order valence-corrected chi connectivity index (χ1v) is 11.0. The van der Waals surface area contributed by atoms with Gasteiger partial charge in [-0.25, -0.2) is 19.4 Å². The Bertz CT molecular complexity index is 1210. The molecule has 0 aliphatic rings. The number of amides is 1. The Morgan fingerprint density at radius 3 is 2.58 bits per heavy atom. The van der Waals surface area contributed by atoms with Crippen molar-refractivity contribution in [3.05, 3.63) is 46.1 Å². The van der Waals surface area contributed by atoms with Crippen LogP contribution in [-0.4, -0.2) is 53.6 Å². The highest BCUT2D eigenvalue weighted by Crippen LogP contribution is 2.34. The predicted octanol–water partition coefficient (Wildman–Crippen LogP) is 3.47. The van der Waals surface area contributed by atoms with E-state index >= 15 is 0 Å². The summed E-state index contributed by atoms with van der Waals surface area (Å²) in [6.07, 6.45) is 0.565. The van der Waals surface area contributed by atoms with Crippen molar-refractivity contribution >= 4 is 51.2 Å². The van der Waals surface area contributed by atoms with Gasteiger partial charge in [-0.15, -0.1) is 11.3 Å². The first-order chi connectivity index (χ1) is 15.8. The Labute approximate surface area is 193 Å². The lowest BCUT2D eigenvalue weighted by Gasteiger charge is -2.16. The molecule has 1 atom stereocenters. The van der Waals surface area contributed by atoms with Gasteiger partial charge in [0.05, 0.1) is 42.2 Å². The van der Waals surface area contributed by atoms with Crippen LogP contribution in [0.25, 0.3) is 11.0 Å². The monoisotopic (exact) mass is 473 g/mol. The van der Waals surface area contributed by atoms with Crippen LogP contribution in [0.5, 0.6) is 0 Å². The number of carbonyl (C=O) groups is 4. The summed E-state index contributed by atoms with van der Waals surface area (Å²) in [6, 6.07) is 4.80. The summed E-state index contributed by atoms with van der Waals surface area (Å²) in [5.41, 5.74) is 1.98. The maximum absolute atomic E-state index is 12.9. The lowest BCUT2D eigenvalue weighted by molar-refractivity contribution is -0.124. The van der Waals surface area contributed by atoms with Gasteiger partial charge in [0.1, 0.15) is 9.88 Å². The fourth-order valence-corrected chi connectivity index (χ4v) is 4.21. The van der Waals surface area contributed by atoms with Gasteiger partial charge >= 0.3 is 17.9 Å². The number of carbonyl (C=O) groups excluding carboxylic acids is 4. The molecule has 11 heteroatoms. The number of imidazole rings is 1. The molecule has 0 aliphatic heterocycles. The van der Waals surface area contributed by atoms with E-state index < -0.39 is 29.9 Å². The van der Waals surface area contributed by atoms with Crippen molar-refractivity contribution in [1.82, 2.24) is 9.97 Å². The maximum Gasteiger partial charge on any atom is 0.348 e. The summed E-state index contributed by atoms with van der Waals surface area (Å²) >= 11 is 0.893. The van der Waals surface area contributed by atoms with E-state index in [4.69, 9.17) is 14.2 Å². The Morgan fingerprint density at radius 2 is 1.91 bits per heavy atom. The number of benzene rings is 1. The Kier molecular flexibility index (Phi) is 7.44. The molecular weight excluding hydrogens is 450 g/mol. The number of hydrogen-bond acceptors (Lipinski definition) is 9. The largest absolute Gasteiger partial charge is 0.465 e. The molecule has 2 N–H and O–H groups in total. The number of rotatable bonds is 8. The van der Waals surface area contributed by atoms with Gasteiger partial charge < -0.3 is 24.5 Å². The molecule has 0 fully saturated rings. The number of H-pyrrole nitrogens is 1. The van der Waals surface area contributed by atoms with Gasteiger partial charge in [-0.05, 0) is 44.0 Å². The summed E-state index contributed by atoms with van der Waals surface area (Å²) in [7, 11) is 1.20. The zero-order chi connectivity index (χ0) is 24.1. The molecule has 3 aromatic rings. The third-order valence-electron chi connectivity index (χ3n) is 4.80. The molecule has 0 aliphatic carbocycles. The topological polar surface area (TPSA) is 137 Å². The lowest BCUT2D eigenvalue weighted by atomic mass is 10.1. The molecule has 1 amide bonds. The number of nitrogens with one attached hydrogen (secondary N) is 2. The maximum atomic E-state index is 12.9. The minimum absolute atomic E-state index is 0.0461. The molecule has 2 aromatic heterocycles. The van der Waals surface area contributed by atoms with Crippen LogP contribution in [0, 0.1) is 6.92 Å². The van der Waals surface area contributed by atoms with E-state index in [9.17, 15) is 19.2 Å². The van der Waals surface area contributed by atoms with E-state index in [1.165, 1.54) is 13.4 Å². The normalized spacial score (nSPS) is 11.6. The van der Waals surface area contributed by atoms with E-state index in [1.54, 1.807) is 39.0 Å². The van der Waals surface area contributed by atoms with Crippen molar-refractivity contribution in [3.8, 4) is 0 Å². The zero-order valence-electron chi connectivity index (χ0n) is 18.5. The molecule has 3 rings (SSSR count). The number of methoxy groups -OCH3 is 1. The number of esters is 3. The Morgan fingerprint density at radius 1 is 1.15 bits per heavy atom. The van der Waals surface area contributed by atoms with Gasteiger partial charge in [0.25, 0.3) is 5.91 Å². The second kappa shape index (κ2) is 10.3. The fraction of sp³-hybridized carbons (Fsp3) is 0.318. The lowest BCUT2D eigenvalue weighted by Crippen LogP contribution is -2.32. The van der Waals surface area contributed by atoms with Crippen molar-refractivity contribution in [2.45, 2.75) is 33.3 Å². The standard InChI is InChI=1S/C22H23N3O7S/c1-5-15(32-20(27)12-7-8-13-14(9-12)24-10-23-13)18(26)25-19-16(21(28)30-4)11(3)17(33-19)22(29)31-6-2/h7-10,15H,5-6H2,1-4H3,(H,23,24)(H,25,26). The number of aromatic amines is 1. The summed E-state index contributed by atoms with van der Waals surface area (Å²) in [5.74, 6) is -2.66. The third kappa shape index (κ3) is 5.03. The number of nitrogens with zero attached hydrogens (tertiary/aromatic N) is 1. The number of fused-ring (bicyclic) bond motifs is 1. The first-order valence-electron chi connectivity index (χ1n) is 10.1. The Hall–Kier alpha value is -3.73. The van der Waals surface area contributed by atoms with Crippen LogP contribution in [0.2, 0.25) is 0 Å². The van der Waals surface area contributed by atoms with E-state index in [1.807, 2.05) is 0 Å². The quantitative estimate of drug-likeness (QED) is 0.375. The fourth-order valence-electron chi connectivity index (χ4n) is 3.12. The molecule has 0 saturated heterocycles. The van der Waals surface area contributed by atoms with Crippen LogP contribution in [0.1, 0.15) is 56.2 Å². The molecule has 1 unspecified atom stereocenters. The van der Waals surface area contributed by atoms with Crippen molar-refractivity contribution in [2.75, 3.05) is 19.0 Å². The van der Waals surface area contributed by atoms with Crippen molar-refractivity contribution < 1.29 is 33.4 Å². The minimum atomic E-state index is -1.13. The summed E-state index contributed by atoms with van der Waals surface area (Å²) < 4.78 is 15.2. The molecule has 0 radical (unpaired) electrons. The molecule has 0 saturated carbocycles. The molecule has 33 heavy (non-hydrogen) atoms. The molecule has 174 valence electrons. The van der Waals surface area contributed by atoms with Gasteiger partial charge in [-0.2, -0.15) is 0 Å². The molecule has 1 aromatic carbocycles. The van der Waals surface area contributed by atoms with E-state index in [0.717, 1.165) is 11.3 Å². The average molecular weight is 474 g/mol. The molecule has 0 spiro atoms. The van der Waals surface area contributed by atoms with E-state index in [2.05, 4.69) is 15.3 Å².